The molecule has 0 aliphatic carbocycles. The van der Waals surface area contributed by atoms with Crippen LogP contribution in [0.3, 0.4) is 0 Å². The van der Waals surface area contributed by atoms with Gasteiger partial charge in [0.1, 0.15) is 6.04 Å². The highest BCUT2D eigenvalue weighted by molar-refractivity contribution is 5.76. The predicted molar refractivity (Wildman–Crippen MR) is 166 cm³/mol. The van der Waals surface area contributed by atoms with E-state index in [1.165, 1.54) is 116 Å². The SMILES string of the molecule is CCCCCCCCCCCCCCCCCCCCCC(=O)NC(CC)N(C)C.N[C@@H](CCC(=O)O)C(=O)O. The van der Waals surface area contributed by atoms with Gasteiger partial charge in [-0.2, -0.15) is 0 Å². The van der Waals surface area contributed by atoms with Crippen molar-refractivity contribution in [3.63, 3.8) is 0 Å². The van der Waals surface area contributed by atoms with Gasteiger partial charge in [-0.25, -0.2) is 0 Å². The van der Waals surface area contributed by atoms with Crippen LogP contribution in [0.2, 0.25) is 0 Å². The number of carbonyl (C=O) groups is 3. The number of rotatable bonds is 27. The van der Waals surface area contributed by atoms with Crippen LogP contribution in [0.25, 0.3) is 0 Å². The second kappa shape index (κ2) is 30.3. The molecule has 1 unspecified atom stereocenters. The number of nitrogens with one attached hydrogen (secondary N) is 1. The van der Waals surface area contributed by atoms with E-state index < -0.39 is 18.0 Å². The molecular formula is C32H65N3O5. The van der Waals surface area contributed by atoms with E-state index in [1.54, 1.807) is 0 Å². The first-order valence-electron chi connectivity index (χ1n) is 16.3. The van der Waals surface area contributed by atoms with Gasteiger partial charge in [0.15, 0.2) is 0 Å². The average molecular weight is 572 g/mol. The summed E-state index contributed by atoms with van der Waals surface area (Å²) in [7, 11) is 4.04. The third-order valence-electron chi connectivity index (χ3n) is 7.33. The van der Waals surface area contributed by atoms with Crippen LogP contribution in [0.15, 0.2) is 0 Å². The first-order valence-corrected chi connectivity index (χ1v) is 16.3. The van der Waals surface area contributed by atoms with Crippen LogP contribution in [0.4, 0.5) is 0 Å². The highest BCUT2D eigenvalue weighted by Gasteiger charge is 2.12. The van der Waals surface area contributed by atoms with Crippen molar-refractivity contribution in [1.29, 1.82) is 0 Å². The number of carbonyl (C=O) groups excluding carboxylic acids is 1. The molecule has 8 heteroatoms. The van der Waals surface area contributed by atoms with Crippen molar-refractivity contribution in [2.24, 2.45) is 5.73 Å². The maximum Gasteiger partial charge on any atom is 0.320 e. The summed E-state index contributed by atoms with van der Waals surface area (Å²) in [5.74, 6) is -1.99. The molecule has 0 saturated carbocycles. The smallest absolute Gasteiger partial charge is 0.320 e. The van der Waals surface area contributed by atoms with E-state index in [0.29, 0.717) is 6.42 Å². The highest BCUT2D eigenvalue weighted by Crippen LogP contribution is 2.15. The molecule has 0 aromatic heterocycles. The Bertz CT molecular complexity index is 601. The number of nitrogens with two attached hydrogens (primary N) is 1. The Labute approximate surface area is 246 Å². The topological polar surface area (TPSA) is 133 Å². The molecule has 0 heterocycles. The molecular weight excluding hydrogens is 506 g/mol. The Morgan fingerprint density at radius 1 is 0.650 bits per heavy atom. The molecule has 0 aliphatic rings. The minimum Gasteiger partial charge on any atom is -0.481 e. The van der Waals surface area contributed by atoms with Crippen LogP contribution in [0, 0.1) is 0 Å². The summed E-state index contributed by atoms with van der Waals surface area (Å²) in [6, 6.07) is -1.06. The summed E-state index contributed by atoms with van der Waals surface area (Å²) in [6.45, 7) is 4.40. The minimum absolute atomic E-state index is 0.0231. The lowest BCUT2D eigenvalue weighted by molar-refractivity contribution is -0.140. The lowest BCUT2D eigenvalue weighted by atomic mass is 10.0. The molecule has 0 aliphatic heterocycles. The molecule has 2 atom stereocenters. The maximum absolute atomic E-state index is 12.0. The van der Waals surface area contributed by atoms with Crippen molar-refractivity contribution in [2.75, 3.05) is 14.1 Å². The van der Waals surface area contributed by atoms with Crippen molar-refractivity contribution in [2.45, 2.75) is 174 Å². The molecule has 0 fully saturated rings. The van der Waals surface area contributed by atoms with Crippen LogP contribution < -0.4 is 11.1 Å². The summed E-state index contributed by atoms with van der Waals surface area (Å²) in [5.41, 5.74) is 5.00. The van der Waals surface area contributed by atoms with Crippen molar-refractivity contribution < 1.29 is 24.6 Å². The minimum atomic E-state index is -1.17. The van der Waals surface area contributed by atoms with Gasteiger partial charge in [-0.3, -0.25) is 19.3 Å². The zero-order valence-corrected chi connectivity index (χ0v) is 26.6. The summed E-state index contributed by atoms with van der Waals surface area (Å²) in [6.07, 6.45) is 28.0. The third-order valence-corrected chi connectivity index (χ3v) is 7.33. The normalized spacial score (nSPS) is 12.4. The number of aliphatic carboxylic acids is 2. The highest BCUT2D eigenvalue weighted by atomic mass is 16.4. The largest absolute Gasteiger partial charge is 0.481 e. The fraction of sp³-hybridized carbons (Fsp3) is 0.906. The standard InChI is InChI=1S/C27H56N2O.C5H9NO4/c1-5-7-8-9-10-11-12-13-14-15-16-17-18-19-20-21-22-23-24-25-27(30)28-26(6-2)29(3)4;6-3(5(9)10)1-2-4(7)8/h26H,5-25H2,1-4H3,(H,28,30);3H,1-2,6H2,(H,7,8)(H,9,10)/t;3-/m.0/s1. The Morgan fingerprint density at radius 2 is 1.02 bits per heavy atom. The Hall–Kier alpha value is -1.67. The van der Waals surface area contributed by atoms with E-state index >= 15 is 0 Å². The second-order valence-electron chi connectivity index (χ2n) is 11.4. The summed E-state index contributed by atoms with van der Waals surface area (Å²) >= 11 is 0. The number of unbranched alkanes of at least 4 members (excludes halogenated alkanes) is 18. The van der Waals surface area contributed by atoms with Gasteiger partial charge in [0.05, 0.1) is 6.17 Å². The van der Waals surface area contributed by atoms with Gasteiger partial charge in [-0.05, 0) is 33.4 Å². The van der Waals surface area contributed by atoms with Crippen molar-refractivity contribution in [3.05, 3.63) is 0 Å². The molecule has 0 saturated heterocycles. The molecule has 8 nitrogen and oxygen atoms in total. The quantitative estimate of drug-likeness (QED) is 0.0593. The zero-order valence-electron chi connectivity index (χ0n) is 26.6. The summed E-state index contributed by atoms with van der Waals surface area (Å²) in [5, 5.41) is 19.4. The number of nitrogens with zero attached hydrogens (tertiary/aromatic N) is 1. The van der Waals surface area contributed by atoms with Crippen LogP contribution in [-0.4, -0.2) is 59.3 Å². The molecule has 0 radical (unpaired) electrons. The van der Waals surface area contributed by atoms with Crippen molar-refractivity contribution in [3.8, 4) is 0 Å². The van der Waals surface area contributed by atoms with E-state index in [2.05, 4.69) is 24.1 Å². The van der Waals surface area contributed by atoms with Crippen LogP contribution in [0.1, 0.15) is 162 Å². The van der Waals surface area contributed by atoms with Crippen molar-refractivity contribution in [1.82, 2.24) is 10.2 Å². The molecule has 0 aromatic carbocycles. The van der Waals surface area contributed by atoms with Gasteiger partial charge in [-0.1, -0.05) is 129 Å². The molecule has 0 spiro atoms. The van der Waals surface area contributed by atoms with Crippen molar-refractivity contribution >= 4 is 17.8 Å². The van der Waals surface area contributed by atoms with Gasteiger partial charge >= 0.3 is 11.9 Å². The lowest BCUT2D eigenvalue weighted by Crippen LogP contribution is -2.44. The fourth-order valence-corrected chi connectivity index (χ4v) is 4.62. The van der Waals surface area contributed by atoms with Gasteiger partial charge in [-0.15, -0.1) is 0 Å². The molecule has 238 valence electrons. The number of carboxylic acid groups (broad SMARTS) is 2. The first kappa shape index (κ1) is 40.5. The monoisotopic (exact) mass is 571 g/mol. The van der Waals surface area contributed by atoms with Gasteiger partial charge < -0.3 is 21.3 Å². The number of hydrogen-bond acceptors (Lipinski definition) is 5. The van der Waals surface area contributed by atoms with E-state index in [0.717, 1.165) is 12.8 Å². The van der Waals surface area contributed by atoms with Crippen LogP contribution >= 0.6 is 0 Å². The average Bonchev–Trinajstić information content (AvgIpc) is 2.91. The number of hydrogen-bond donors (Lipinski definition) is 4. The van der Waals surface area contributed by atoms with Gasteiger partial charge in [0.25, 0.3) is 0 Å². The number of amides is 1. The zero-order chi connectivity index (χ0) is 30.4. The van der Waals surface area contributed by atoms with Crippen LogP contribution in [-0.2, 0) is 14.4 Å². The molecule has 0 aromatic rings. The summed E-state index contributed by atoms with van der Waals surface area (Å²) in [4.78, 5) is 33.9. The fourth-order valence-electron chi connectivity index (χ4n) is 4.62. The Kier molecular flexibility index (Phi) is 30.6. The van der Waals surface area contributed by atoms with Gasteiger partial charge in [0.2, 0.25) is 5.91 Å². The lowest BCUT2D eigenvalue weighted by Gasteiger charge is -2.23. The first-order chi connectivity index (χ1) is 19.1. The Morgan fingerprint density at radius 3 is 1.32 bits per heavy atom. The third kappa shape index (κ3) is 30.9. The molecule has 0 rings (SSSR count). The Balaban J connectivity index is 0. The molecule has 5 N–H and O–H groups in total. The van der Waals surface area contributed by atoms with Crippen LogP contribution in [0.5, 0.6) is 0 Å². The van der Waals surface area contributed by atoms with E-state index in [1.807, 2.05) is 14.1 Å². The van der Waals surface area contributed by atoms with E-state index in [-0.39, 0.29) is 24.9 Å². The number of carboxylic acids is 2. The molecule has 1 amide bonds. The molecule has 40 heavy (non-hydrogen) atoms. The predicted octanol–water partition coefficient (Wildman–Crippen LogP) is 7.49. The molecule has 0 bridgehead atoms. The van der Waals surface area contributed by atoms with Gasteiger partial charge in [0, 0.05) is 12.8 Å². The maximum atomic E-state index is 12.0. The summed E-state index contributed by atoms with van der Waals surface area (Å²) < 4.78 is 0. The second-order valence-corrected chi connectivity index (χ2v) is 11.4. The van der Waals surface area contributed by atoms with E-state index in [9.17, 15) is 14.4 Å². The van der Waals surface area contributed by atoms with E-state index in [4.69, 9.17) is 15.9 Å².